The number of nitrogens with zero attached hydrogens (tertiary/aromatic N) is 3. The first-order valence-electron chi connectivity index (χ1n) is 6.32. The first-order valence-corrected chi connectivity index (χ1v) is 6.32. The van der Waals surface area contributed by atoms with Gasteiger partial charge in [-0.3, -0.25) is 0 Å². The van der Waals surface area contributed by atoms with Gasteiger partial charge in [0, 0.05) is 13.6 Å². The summed E-state index contributed by atoms with van der Waals surface area (Å²) in [5, 5.41) is 7.25. The Morgan fingerprint density at radius 3 is 3.11 bits per heavy atom. The molecule has 2 aromatic rings. The average Bonchev–Trinajstić information content (AvgIpc) is 2.95. The second-order valence-corrected chi connectivity index (χ2v) is 4.43. The van der Waals surface area contributed by atoms with Crippen LogP contribution in [-0.4, -0.2) is 30.3 Å². The number of aromatic nitrogens is 2. The second-order valence-electron chi connectivity index (χ2n) is 4.43. The minimum absolute atomic E-state index is 0.249. The molecule has 19 heavy (non-hydrogen) atoms. The van der Waals surface area contributed by atoms with Crippen molar-refractivity contribution in [3.05, 3.63) is 30.2 Å². The predicted molar refractivity (Wildman–Crippen MR) is 71.5 cm³/mol. The van der Waals surface area contributed by atoms with Gasteiger partial charge in [0.2, 0.25) is 0 Å². The summed E-state index contributed by atoms with van der Waals surface area (Å²) in [6.07, 6.45) is -0.249. The Bertz CT molecular complexity index is 569. The van der Waals surface area contributed by atoms with Gasteiger partial charge in [-0.15, -0.1) is 0 Å². The average molecular weight is 260 g/mol. The number of anilines is 2. The van der Waals surface area contributed by atoms with E-state index in [1.54, 1.807) is 0 Å². The van der Waals surface area contributed by atoms with Crippen LogP contribution in [-0.2, 0) is 0 Å². The predicted octanol–water partition coefficient (Wildman–Crippen LogP) is 2.07. The number of rotatable bonds is 3. The number of fused-ring (bicyclic) bond motifs is 1. The van der Waals surface area contributed by atoms with Crippen molar-refractivity contribution in [2.24, 2.45) is 0 Å². The fraction of sp³-hybridized carbons (Fsp3) is 0.385. The molecule has 2 heterocycles. The lowest BCUT2D eigenvalue weighted by Crippen LogP contribution is -2.24. The molecule has 1 aliphatic heterocycles. The highest BCUT2D eigenvalue weighted by Crippen LogP contribution is 2.33. The number of ether oxygens (including phenoxy) is 1. The lowest BCUT2D eigenvalue weighted by molar-refractivity contribution is 0.163. The molecule has 0 fully saturated rings. The van der Waals surface area contributed by atoms with Crippen LogP contribution in [0.25, 0.3) is 0 Å². The molecule has 1 aromatic heterocycles. The van der Waals surface area contributed by atoms with Gasteiger partial charge >= 0.3 is 0 Å². The van der Waals surface area contributed by atoms with Gasteiger partial charge in [-0.1, -0.05) is 12.1 Å². The number of benzene rings is 1. The Morgan fingerprint density at radius 2 is 2.26 bits per heavy atom. The fourth-order valence-corrected chi connectivity index (χ4v) is 1.90. The molecule has 1 unspecified atom stereocenters. The second kappa shape index (κ2) is 4.79. The Hall–Kier alpha value is -2.24. The maximum Gasteiger partial charge on any atom is 0.271 e. The summed E-state index contributed by atoms with van der Waals surface area (Å²) in [4.78, 5) is 6.27. The SMILES string of the molecule is CCN(C)c1noc(C2CNc3ccccc3O2)n1. The minimum atomic E-state index is -0.249. The van der Waals surface area contributed by atoms with Crippen molar-refractivity contribution in [2.45, 2.75) is 13.0 Å². The van der Waals surface area contributed by atoms with Crippen LogP contribution >= 0.6 is 0 Å². The van der Waals surface area contributed by atoms with Gasteiger partial charge in [-0.2, -0.15) is 4.98 Å². The third-order valence-corrected chi connectivity index (χ3v) is 3.16. The highest BCUT2D eigenvalue weighted by molar-refractivity contribution is 5.57. The van der Waals surface area contributed by atoms with Crippen LogP contribution in [0.1, 0.15) is 18.9 Å². The number of para-hydroxylation sites is 2. The van der Waals surface area contributed by atoms with Crippen molar-refractivity contribution < 1.29 is 9.26 Å². The summed E-state index contributed by atoms with van der Waals surface area (Å²) in [5.74, 6) is 1.89. The molecule has 6 nitrogen and oxygen atoms in total. The topological polar surface area (TPSA) is 63.4 Å². The molecule has 3 rings (SSSR count). The Kier molecular flexibility index (Phi) is 2.98. The lowest BCUT2D eigenvalue weighted by Gasteiger charge is -2.24. The van der Waals surface area contributed by atoms with Crippen molar-refractivity contribution in [3.63, 3.8) is 0 Å². The van der Waals surface area contributed by atoms with E-state index in [4.69, 9.17) is 9.26 Å². The molecule has 0 saturated carbocycles. The molecule has 6 heteroatoms. The van der Waals surface area contributed by atoms with E-state index in [-0.39, 0.29) is 6.10 Å². The van der Waals surface area contributed by atoms with Crippen molar-refractivity contribution in [2.75, 3.05) is 30.4 Å². The molecule has 0 spiro atoms. The summed E-state index contributed by atoms with van der Waals surface area (Å²) < 4.78 is 11.1. The highest BCUT2D eigenvalue weighted by atomic mass is 16.5. The summed E-state index contributed by atoms with van der Waals surface area (Å²) in [6.45, 7) is 3.48. The molecular formula is C13H16N4O2. The zero-order chi connectivity index (χ0) is 13.2. The van der Waals surface area contributed by atoms with Crippen LogP contribution in [0.2, 0.25) is 0 Å². The van der Waals surface area contributed by atoms with Gasteiger partial charge in [0.15, 0.2) is 6.10 Å². The quantitative estimate of drug-likeness (QED) is 0.911. The number of hydrogen-bond donors (Lipinski definition) is 1. The van der Waals surface area contributed by atoms with Gasteiger partial charge in [-0.05, 0) is 24.2 Å². The summed E-state index contributed by atoms with van der Waals surface area (Å²) >= 11 is 0. The molecule has 0 saturated heterocycles. The molecular weight excluding hydrogens is 244 g/mol. The zero-order valence-corrected chi connectivity index (χ0v) is 11.0. The van der Waals surface area contributed by atoms with Gasteiger partial charge in [-0.25, -0.2) is 0 Å². The molecule has 1 N–H and O–H groups in total. The van der Waals surface area contributed by atoms with E-state index in [2.05, 4.69) is 15.5 Å². The Balaban J connectivity index is 1.79. The first-order chi connectivity index (χ1) is 9.28. The molecule has 0 amide bonds. The third-order valence-electron chi connectivity index (χ3n) is 3.16. The van der Waals surface area contributed by atoms with Gasteiger partial charge in [0.1, 0.15) is 5.75 Å². The largest absolute Gasteiger partial charge is 0.477 e. The van der Waals surface area contributed by atoms with Crippen molar-refractivity contribution >= 4 is 11.6 Å². The van der Waals surface area contributed by atoms with E-state index >= 15 is 0 Å². The first kappa shape index (κ1) is 11.8. The summed E-state index contributed by atoms with van der Waals surface area (Å²) in [7, 11) is 1.92. The summed E-state index contributed by atoms with van der Waals surface area (Å²) in [5.41, 5.74) is 0.990. The van der Waals surface area contributed by atoms with E-state index in [0.29, 0.717) is 18.4 Å². The maximum atomic E-state index is 5.87. The molecule has 0 radical (unpaired) electrons. The third kappa shape index (κ3) is 2.21. The van der Waals surface area contributed by atoms with E-state index in [9.17, 15) is 0 Å². The highest BCUT2D eigenvalue weighted by Gasteiger charge is 2.26. The standard InChI is InChI=1S/C13H16N4O2/c1-3-17(2)13-15-12(19-16-13)11-8-14-9-6-4-5-7-10(9)18-11/h4-7,11,14H,3,8H2,1-2H3. The van der Waals surface area contributed by atoms with Crippen LogP contribution in [0.5, 0.6) is 5.75 Å². The fourth-order valence-electron chi connectivity index (χ4n) is 1.90. The number of nitrogens with one attached hydrogen (secondary N) is 1. The molecule has 1 aromatic carbocycles. The molecule has 1 aliphatic rings. The zero-order valence-electron chi connectivity index (χ0n) is 11.0. The number of hydrogen-bond acceptors (Lipinski definition) is 6. The normalized spacial score (nSPS) is 17.3. The van der Waals surface area contributed by atoms with Crippen molar-refractivity contribution in [1.29, 1.82) is 0 Å². The van der Waals surface area contributed by atoms with E-state index in [0.717, 1.165) is 18.0 Å². The lowest BCUT2D eigenvalue weighted by atomic mass is 10.2. The minimum Gasteiger partial charge on any atom is -0.477 e. The molecule has 100 valence electrons. The van der Waals surface area contributed by atoms with Crippen LogP contribution in [0.15, 0.2) is 28.8 Å². The van der Waals surface area contributed by atoms with Gasteiger partial charge < -0.3 is 19.5 Å². The van der Waals surface area contributed by atoms with E-state index in [1.807, 2.05) is 43.1 Å². The van der Waals surface area contributed by atoms with E-state index < -0.39 is 0 Å². The Morgan fingerprint density at radius 1 is 1.42 bits per heavy atom. The maximum absolute atomic E-state index is 5.87. The van der Waals surface area contributed by atoms with Crippen LogP contribution in [0.3, 0.4) is 0 Å². The monoisotopic (exact) mass is 260 g/mol. The van der Waals surface area contributed by atoms with Crippen LogP contribution in [0.4, 0.5) is 11.6 Å². The summed E-state index contributed by atoms with van der Waals surface area (Å²) in [6, 6.07) is 7.81. The Labute approximate surface area is 111 Å². The molecule has 0 bridgehead atoms. The molecule has 0 aliphatic carbocycles. The van der Waals surface area contributed by atoms with Crippen LogP contribution < -0.4 is 15.0 Å². The van der Waals surface area contributed by atoms with Crippen LogP contribution in [0, 0.1) is 0 Å². The van der Waals surface area contributed by atoms with Gasteiger partial charge in [0.25, 0.3) is 11.8 Å². The van der Waals surface area contributed by atoms with E-state index in [1.165, 1.54) is 0 Å². The van der Waals surface area contributed by atoms with Crippen molar-refractivity contribution in [3.8, 4) is 5.75 Å². The van der Waals surface area contributed by atoms with Crippen molar-refractivity contribution in [1.82, 2.24) is 10.1 Å². The van der Waals surface area contributed by atoms with Gasteiger partial charge in [0.05, 0.1) is 12.2 Å². The smallest absolute Gasteiger partial charge is 0.271 e. The molecule has 1 atom stereocenters.